The second-order valence-corrected chi connectivity index (χ2v) is 7.19. The molecule has 7 nitrogen and oxygen atoms in total. The van der Waals surface area contributed by atoms with Gasteiger partial charge < -0.3 is 5.32 Å². The Bertz CT molecular complexity index is 833. The molecule has 0 fully saturated rings. The standard InChI is InChI=1S/C13H11BrN6OS2/c1-20-13(17-18-19-20)23-7-11(21)16-12-15-10(6-22-12)8-3-2-4-9(14)5-8/h2-6H,7H2,1H3,(H,15,16,21). The van der Waals surface area contributed by atoms with Crippen molar-refractivity contribution in [1.82, 2.24) is 25.2 Å². The van der Waals surface area contributed by atoms with Gasteiger partial charge in [0.05, 0.1) is 11.4 Å². The lowest BCUT2D eigenvalue weighted by atomic mass is 10.2. The van der Waals surface area contributed by atoms with Crippen LogP contribution in [-0.2, 0) is 11.8 Å². The molecule has 0 radical (unpaired) electrons. The SMILES string of the molecule is Cn1nnnc1SCC(=O)Nc1nc(-c2cccc(Br)c2)cs1. The van der Waals surface area contributed by atoms with Crippen LogP contribution in [0.4, 0.5) is 5.13 Å². The summed E-state index contributed by atoms with van der Waals surface area (Å²) in [4.78, 5) is 16.4. The molecule has 0 aliphatic carbocycles. The maximum atomic E-state index is 12.0. The van der Waals surface area contributed by atoms with E-state index >= 15 is 0 Å². The summed E-state index contributed by atoms with van der Waals surface area (Å²) < 4.78 is 2.51. The smallest absolute Gasteiger partial charge is 0.236 e. The van der Waals surface area contributed by atoms with Crippen LogP contribution in [0.25, 0.3) is 11.3 Å². The third-order valence-electron chi connectivity index (χ3n) is 2.78. The predicted octanol–water partition coefficient (Wildman–Crippen LogP) is 2.83. The lowest BCUT2D eigenvalue weighted by Crippen LogP contribution is -2.14. The van der Waals surface area contributed by atoms with Gasteiger partial charge in [0.1, 0.15) is 0 Å². The number of amides is 1. The number of rotatable bonds is 5. The fourth-order valence-electron chi connectivity index (χ4n) is 1.74. The molecule has 23 heavy (non-hydrogen) atoms. The van der Waals surface area contributed by atoms with Crippen LogP contribution in [0.2, 0.25) is 0 Å². The van der Waals surface area contributed by atoms with Crippen molar-refractivity contribution in [1.29, 1.82) is 0 Å². The molecule has 10 heteroatoms. The second-order valence-electron chi connectivity index (χ2n) is 4.47. The van der Waals surface area contributed by atoms with Crippen molar-refractivity contribution in [2.75, 3.05) is 11.1 Å². The summed E-state index contributed by atoms with van der Waals surface area (Å²) in [6.07, 6.45) is 0. The van der Waals surface area contributed by atoms with Crippen LogP contribution in [0.1, 0.15) is 0 Å². The number of aryl methyl sites for hydroxylation is 1. The van der Waals surface area contributed by atoms with E-state index in [9.17, 15) is 4.79 Å². The number of thioether (sulfide) groups is 1. The Kier molecular flexibility index (Phi) is 5.03. The maximum Gasteiger partial charge on any atom is 0.236 e. The minimum absolute atomic E-state index is 0.145. The van der Waals surface area contributed by atoms with E-state index in [1.165, 1.54) is 27.8 Å². The average molecular weight is 411 g/mol. The van der Waals surface area contributed by atoms with Gasteiger partial charge >= 0.3 is 0 Å². The van der Waals surface area contributed by atoms with Gasteiger partial charge in [-0.2, -0.15) is 0 Å². The number of halogens is 1. The van der Waals surface area contributed by atoms with Gasteiger partial charge in [0.2, 0.25) is 11.1 Å². The van der Waals surface area contributed by atoms with Crippen molar-refractivity contribution in [3.05, 3.63) is 34.1 Å². The monoisotopic (exact) mass is 410 g/mol. The number of aromatic nitrogens is 5. The van der Waals surface area contributed by atoms with Crippen molar-refractivity contribution >= 4 is 50.1 Å². The van der Waals surface area contributed by atoms with Crippen molar-refractivity contribution in [2.45, 2.75) is 5.16 Å². The lowest BCUT2D eigenvalue weighted by molar-refractivity contribution is -0.113. The third-order valence-corrected chi connectivity index (χ3v) is 5.05. The Balaban J connectivity index is 1.60. The molecule has 3 rings (SSSR count). The molecule has 1 amide bonds. The summed E-state index contributed by atoms with van der Waals surface area (Å²) in [6.45, 7) is 0. The Morgan fingerprint density at radius 3 is 3.09 bits per heavy atom. The van der Waals surface area contributed by atoms with Crippen LogP contribution >= 0.6 is 39.0 Å². The van der Waals surface area contributed by atoms with Gasteiger partial charge in [-0.15, -0.1) is 16.4 Å². The average Bonchev–Trinajstić information content (AvgIpc) is 3.14. The number of carbonyl (C=O) groups excluding carboxylic acids is 1. The van der Waals surface area contributed by atoms with Crippen LogP contribution in [-0.4, -0.2) is 36.9 Å². The zero-order chi connectivity index (χ0) is 16.2. The van der Waals surface area contributed by atoms with Crippen molar-refractivity contribution in [3.63, 3.8) is 0 Å². The fraction of sp³-hybridized carbons (Fsp3) is 0.154. The molecule has 0 spiro atoms. The predicted molar refractivity (Wildman–Crippen MR) is 93.4 cm³/mol. The van der Waals surface area contributed by atoms with E-state index in [-0.39, 0.29) is 11.7 Å². The number of hydrogen-bond acceptors (Lipinski definition) is 7. The van der Waals surface area contributed by atoms with Gasteiger partial charge in [-0.3, -0.25) is 4.79 Å². The molecule has 0 atom stereocenters. The first-order valence-corrected chi connectivity index (χ1v) is 9.14. The zero-order valence-electron chi connectivity index (χ0n) is 11.9. The molecular weight excluding hydrogens is 400 g/mol. The van der Waals surface area contributed by atoms with Gasteiger partial charge in [-0.05, 0) is 22.6 Å². The van der Waals surface area contributed by atoms with E-state index in [4.69, 9.17) is 0 Å². The Morgan fingerprint density at radius 2 is 2.35 bits per heavy atom. The molecule has 0 aliphatic rings. The highest BCUT2D eigenvalue weighted by Gasteiger charge is 2.11. The Hall–Kier alpha value is -1.78. The normalized spacial score (nSPS) is 10.7. The number of anilines is 1. The van der Waals surface area contributed by atoms with E-state index in [2.05, 4.69) is 41.8 Å². The number of tetrazole rings is 1. The molecule has 0 bridgehead atoms. The highest BCUT2D eigenvalue weighted by molar-refractivity contribution is 9.10. The van der Waals surface area contributed by atoms with Gasteiger partial charge in [0.15, 0.2) is 5.13 Å². The largest absolute Gasteiger partial charge is 0.301 e. The molecular formula is C13H11BrN6OS2. The van der Waals surface area contributed by atoms with Crippen LogP contribution in [0, 0.1) is 0 Å². The lowest BCUT2D eigenvalue weighted by Gasteiger charge is -2.01. The van der Waals surface area contributed by atoms with Crippen LogP contribution in [0.3, 0.4) is 0 Å². The molecule has 2 aromatic heterocycles. The molecule has 0 unspecified atom stereocenters. The fourth-order valence-corrected chi connectivity index (χ4v) is 3.53. The van der Waals surface area contributed by atoms with Gasteiger partial charge in [0, 0.05) is 22.5 Å². The topological polar surface area (TPSA) is 85.6 Å². The van der Waals surface area contributed by atoms with Gasteiger partial charge in [0.25, 0.3) is 0 Å². The number of nitrogens with zero attached hydrogens (tertiary/aromatic N) is 5. The van der Waals surface area contributed by atoms with E-state index in [0.29, 0.717) is 10.3 Å². The molecule has 1 N–H and O–H groups in total. The zero-order valence-corrected chi connectivity index (χ0v) is 15.2. The van der Waals surface area contributed by atoms with Crippen LogP contribution in [0.5, 0.6) is 0 Å². The van der Waals surface area contributed by atoms with Crippen LogP contribution in [0.15, 0.2) is 39.3 Å². The molecule has 1 aromatic carbocycles. The Labute approximate surface area is 148 Å². The third kappa shape index (κ3) is 4.15. The van der Waals surface area contributed by atoms with Crippen molar-refractivity contribution in [2.24, 2.45) is 7.05 Å². The highest BCUT2D eigenvalue weighted by Crippen LogP contribution is 2.27. The molecule has 0 saturated carbocycles. The summed E-state index contributed by atoms with van der Waals surface area (Å²) in [5, 5.41) is 16.9. The van der Waals surface area contributed by atoms with Crippen molar-refractivity contribution in [3.8, 4) is 11.3 Å². The number of benzene rings is 1. The van der Waals surface area contributed by atoms with E-state index < -0.39 is 0 Å². The molecule has 0 aliphatic heterocycles. The minimum atomic E-state index is -0.145. The summed E-state index contributed by atoms with van der Waals surface area (Å²) in [5.41, 5.74) is 1.83. The van der Waals surface area contributed by atoms with E-state index in [1.807, 2.05) is 29.6 Å². The van der Waals surface area contributed by atoms with Gasteiger partial charge in [-0.1, -0.05) is 39.8 Å². The number of thiazole rings is 1. The molecule has 0 saturated heterocycles. The number of carbonyl (C=O) groups is 1. The van der Waals surface area contributed by atoms with Gasteiger partial charge in [-0.25, -0.2) is 9.67 Å². The second kappa shape index (κ2) is 7.20. The summed E-state index contributed by atoms with van der Waals surface area (Å²) >= 11 is 6.10. The Morgan fingerprint density at radius 1 is 1.48 bits per heavy atom. The molecule has 118 valence electrons. The molecule has 2 heterocycles. The van der Waals surface area contributed by atoms with E-state index in [0.717, 1.165) is 15.7 Å². The number of nitrogens with one attached hydrogen (secondary N) is 1. The summed E-state index contributed by atoms with van der Waals surface area (Å²) in [6, 6.07) is 7.86. The maximum absolute atomic E-state index is 12.0. The van der Waals surface area contributed by atoms with Crippen molar-refractivity contribution < 1.29 is 4.79 Å². The quantitative estimate of drug-likeness (QED) is 0.650. The first-order valence-electron chi connectivity index (χ1n) is 6.48. The minimum Gasteiger partial charge on any atom is -0.301 e. The molecule has 3 aromatic rings. The van der Waals surface area contributed by atoms with Crippen LogP contribution < -0.4 is 5.32 Å². The highest BCUT2D eigenvalue weighted by atomic mass is 79.9. The first kappa shape index (κ1) is 16.1. The van der Waals surface area contributed by atoms with E-state index in [1.54, 1.807) is 7.05 Å². The summed E-state index contributed by atoms with van der Waals surface area (Å²) in [7, 11) is 1.73. The first-order chi connectivity index (χ1) is 11.1. The number of hydrogen-bond donors (Lipinski definition) is 1. The summed E-state index contributed by atoms with van der Waals surface area (Å²) in [5.74, 6) is 0.0770.